The summed E-state index contributed by atoms with van der Waals surface area (Å²) in [5.74, 6) is 0.511. The van der Waals surface area contributed by atoms with E-state index in [4.69, 9.17) is 0 Å². The molecule has 1 unspecified atom stereocenters. The Morgan fingerprint density at radius 2 is 1.60 bits per heavy atom. The lowest BCUT2D eigenvalue weighted by Gasteiger charge is -2.27. The van der Waals surface area contributed by atoms with Crippen molar-refractivity contribution in [3.63, 3.8) is 0 Å². The lowest BCUT2D eigenvalue weighted by molar-refractivity contribution is 0.721. The van der Waals surface area contributed by atoms with Crippen molar-refractivity contribution in [2.24, 2.45) is 0 Å². The molecule has 1 nitrogen and oxygen atoms in total. The zero-order valence-corrected chi connectivity index (χ0v) is 11.3. The number of hydrogen-bond donors (Lipinski definition) is 1. The molecule has 98 valence electrons. The molecule has 1 aliphatic rings. The number of anilines is 1. The smallest absolute Gasteiger partial charge is 0.0379 e. The number of hydrogen-bond acceptors (Lipinski definition) is 1. The van der Waals surface area contributed by atoms with E-state index in [1.807, 2.05) is 0 Å². The summed E-state index contributed by atoms with van der Waals surface area (Å²) < 4.78 is 0. The van der Waals surface area contributed by atoms with Crippen LogP contribution < -0.4 is 5.32 Å². The zero-order chi connectivity index (χ0) is 13.4. The van der Waals surface area contributed by atoms with Gasteiger partial charge in [0, 0.05) is 18.2 Å². The molecule has 0 spiro atoms. The number of nitrogens with one attached hydrogen (secondary N) is 1. The number of para-hydroxylation sites is 1. The summed E-state index contributed by atoms with van der Waals surface area (Å²) in [5.41, 5.74) is 4.14. The van der Waals surface area contributed by atoms with Crippen molar-refractivity contribution in [2.75, 3.05) is 11.9 Å². The fourth-order valence-corrected chi connectivity index (χ4v) is 3.24. The molecule has 0 bridgehead atoms. The van der Waals surface area contributed by atoms with E-state index in [1.165, 1.54) is 27.6 Å². The van der Waals surface area contributed by atoms with E-state index in [-0.39, 0.29) is 0 Å². The molecular formula is C19H17N. The van der Waals surface area contributed by atoms with Crippen LogP contribution in [0.15, 0.2) is 66.7 Å². The van der Waals surface area contributed by atoms with Crippen molar-refractivity contribution in [1.29, 1.82) is 0 Å². The van der Waals surface area contributed by atoms with Crippen molar-refractivity contribution < 1.29 is 0 Å². The van der Waals surface area contributed by atoms with Crippen LogP contribution in [0.25, 0.3) is 10.8 Å². The topological polar surface area (TPSA) is 12.0 Å². The average molecular weight is 259 g/mol. The number of rotatable bonds is 1. The van der Waals surface area contributed by atoms with Gasteiger partial charge >= 0.3 is 0 Å². The summed E-state index contributed by atoms with van der Waals surface area (Å²) in [5, 5.41) is 6.15. The van der Waals surface area contributed by atoms with Gasteiger partial charge in [0.25, 0.3) is 0 Å². The monoisotopic (exact) mass is 259 g/mol. The molecule has 4 rings (SSSR count). The van der Waals surface area contributed by atoms with E-state index < -0.39 is 0 Å². The number of fused-ring (bicyclic) bond motifs is 2. The molecule has 1 heteroatoms. The average Bonchev–Trinajstić information content (AvgIpc) is 2.54. The lowest BCUT2D eigenvalue weighted by Crippen LogP contribution is -2.17. The Morgan fingerprint density at radius 1 is 0.800 bits per heavy atom. The summed E-state index contributed by atoms with van der Waals surface area (Å²) in [4.78, 5) is 0. The third kappa shape index (κ3) is 1.87. The van der Waals surface area contributed by atoms with Crippen LogP contribution >= 0.6 is 0 Å². The standard InChI is InChI=1S/C19H17N/c1-2-6-15-13-16(10-9-14(15)5-1)17-11-12-20-19-8-4-3-7-18(17)19/h1-10,13,17,20H,11-12H2. The first kappa shape index (κ1) is 11.5. The minimum atomic E-state index is 0.511. The molecule has 1 aliphatic heterocycles. The van der Waals surface area contributed by atoms with E-state index in [9.17, 15) is 0 Å². The van der Waals surface area contributed by atoms with Crippen molar-refractivity contribution in [2.45, 2.75) is 12.3 Å². The van der Waals surface area contributed by atoms with E-state index in [1.54, 1.807) is 0 Å². The van der Waals surface area contributed by atoms with Gasteiger partial charge in [-0.25, -0.2) is 0 Å². The highest BCUT2D eigenvalue weighted by Gasteiger charge is 2.21. The summed E-state index contributed by atoms with van der Waals surface area (Å²) in [7, 11) is 0. The van der Waals surface area contributed by atoms with Crippen molar-refractivity contribution in [3.8, 4) is 0 Å². The van der Waals surface area contributed by atoms with E-state index >= 15 is 0 Å². The first-order valence-electron chi connectivity index (χ1n) is 7.23. The van der Waals surface area contributed by atoms with E-state index in [2.05, 4.69) is 72.0 Å². The van der Waals surface area contributed by atoms with Gasteiger partial charge in [0.1, 0.15) is 0 Å². The molecular weight excluding hydrogens is 242 g/mol. The Balaban J connectivity index is 1.84. The van der Waals surface area contributed by atoms with Crippen molar-refractivity contribution in [1.82, 2.24) is 0 Å². The van der Waals surface area contributed by atoms with E-state index in [0.717, 1.165) is 13.0 Å². The first-order chi connectivity index (χ1) is 9.92. The molecule has 3 aromatic rings. The second-order valence-corrected chi connectivity index (χ2v) is 5.46. The second kappa shape index (κ2) is 4.68. The second-order valence-electron chi connectivity index (χ2n) is 5.46. The zero-order valence-electron chi connectivity index (χ0n) is 11.3. The fraction of sp³-hybridized carbons (Fsp3) is 0.158. The van der Waals surface area contributed by atoms with Gasteiger partial charge in [0.15, 0.2) is 0 Å². The van der Waals surface area contributed by atoms with Crippen LogP contribution in [0.3, 0.4) is 0 Å². The Kier molecular flexibility index (Phi) is 2.70. The van der Waals surface area contributed by atoms with Crippen LogP contribution in [-0.4, -0.2) is 6.54 Å². The van der Waals surface area contributed by atoms with Gasteiger partial charge in [-0.2, -0.15) is 0 Å². The highest BCUT2D eigenvalue weighted by atomic mass is 14.9. The van der Waals surface area contributed by atoms with Crippen LogP contribution in [0.1, 0.15) is 23.5 Å². The highest BCUT2D eigenvalue weighted by molar-refractivity contribution is 5.83. The summed E-state index contributed by atoms with van der Waals surface area (Å²) in [6.45, 7) is 1.05. The normalized spacial score (nSPS) is 17.5. The SMILES string of the molecule is c1ccc2c(c1)NCCC2c1ccc2ccccc2c1. The maximum Gasteiger partial charge on any atom is 0.0379 e. The number of benzene rings is 3. The van der Waals surface area contributed by atoms with Crippen molar-refractivity contribution >= 4 is 16.5 Å². The largest absolute Gasteiger partial charge is 0.385 e. The fourth-order valence-electron chi connectivity index (χ4n) is 3.24. The summed E-state index contributed by atoms with van der Waals surface area (Å²) in [6, 6.07) is 24.1. The Bertz CT molecular complexity index is 760. The molecule has 0 saturated carbocycles. The van der Waals surface area contributed by atoms with Gasteiger partial charge in [-0.15, -0.1) is 0 Å². The molecule has 1 N–H and O–H groups in total. The Hall–Kier alpha value is -2.28. The predicted octanol–water partition coefficient (Wildman–Crippen LogP) is 4.79. The molecule has 1 atom stereocenters. The molecule has 1 heterocycles. The Morgan fingerprint density at radius 3 is 2.55 bits per heavy atom. The van der Waals surface area contributed by atoms with Crippen LogP contribution in [0.5, 0.6) is 0 Å². The maximum absolute atomic E-state index is 3.50. The molecule has 0 aromatic heterocycles. The van der Waals surface area contributed by atoms with Crippen LogP contribution in [0.2, 0.25) is 0 Å². The van der Waals surface area contributed by atoms with Crippen LogP contribution in [0, 0.1) is 0 Å². The van der Waals surface area contributed by atoms with Gasteiger partial charge < -0.3 is 5.32 Å². The van der Waals surface area contributed by atoms with Gasteiger partial charge in [-0.1, -0.05) is 60.7 Å². The summed E-state index contributed by atoms with van der Waals surface area (Å²) in [6.07, 6.45) is 1.16. The third-order valence-electron chi connectivity index (χ3n) is 4.26. The van der Waals surface area contributed by atoms with Gasteiger partial charge in [0.2, 0.25) is 0 Å². The molecule has 20 heavy (non-hydrogen) atoms. The minimum absolute atomic E-state index is 0.511. The lowest BCUT2D eigenvalue weighted by atomic mass is 9.84. The van der Waals surface area contributed by atoms with Gasteiger partial charge in [-0.3, -0.25) is 0 Å². The molecule has 0 saturated heterocycles. The van der Waals surface area contributed by atoms with Crippen molar-refractivity contribution in [3.05, 3.63) is 77.9 Å². The molecule has 3 aromatic carbocycles. The van der Waals surface area contributed by atoms with Crippen LogP contribution in [-0.2, 0) is 0 Å². The molecule has 0 amide bonds. The quantitative estimate of drug-likeness (QED) is 0.662. The minimum Gasteiger partial charge on any atom is -0.385 e. The maximum atomic E-state index is 3.50. The van der Waals surface area contributed by atoms with E-state index in [0.29, 0.717) is 5.92 Å². The van der Waals surface area contributed by atoms with Crippen LogP contribution in [0.4, 0.5) is 5.69 Å². The third-order valence-corrected chi connectivity index (χ3v) is 4.26. The molecule has 0 radical (unpaired) electrons. The van der Waals surface area contributed by atoms with Gasteiger partial charge in [0.05, 0.1) is 0 Å². The molecule has 0 aliphatic carbocycles. The summed E-state index contributed by atoms with van der Waals surface area (Å²) >= 11 is 0. The Labute approximate surface area is 119 Å². The molecule has 0 fully saturated rings. The van der Waals surface area contributed by atoms with Gasteiger partial charge in [-0.05, 0) is 34.4 Å². The first-order valence-corrected chi connectivity index (χ1v) is 7.23. The highest BCUT2D eigenvalue weighted by Crippen LogP contribution is 2.37. The predicted molar refractivity (Wildman–Crippen MR) is 85.3 cm³/mol.